The van der Waals surface area contributed by atoms with Crippen LogP contribution in [0.2, 0.25) is 0 Å². The summed E-state index contributed by atoms with van der Waals surface area (Å²) in [6, 6.07) is 0.741. The van der Waals surface area contributed by atoms with Gasteiger partial charge in [0.1, 0.15) is 0 Å². The predicted octanol–water partition coefficient (Wildman–Crippen LogP) is 2.58. The molecular formula is C17H26N2. The summed E-state index contributed by atoms with van der Waals surface area (Å²) in [6.07, 6.45) is 12.8. The zero-order chi connectivity index (χ0) is 12.9. The molecule has 1 N–H and O–H groups in total. The fraction of sp³-hybridized carbons (Fsp3) is 0.765. The van der Waals surface area contributed by atoms with Gasteiger partial charge in [0, 0.05) is 19.1 Å². The van der Waals surface area contributed by atoms with E-state index in [-0.39, 0.29) is 0 Å². The number of hydrogen-bond donors (Lipinski definition) is 1. The smallest absolute Gasteiger partial charge is 0.0249 e. The molecule has 0 amide bonds. The van der Waals surface area contributed by atoms with Crippen LogP contribution in [-0.4, -0.2) is 37.1 Å². The van der Waals surface area contributed by atoms with Crippen LogP contribution < -0.4 is 5.32 Å². The van der Waals surface area contributed by atoms with Crippen molar-refractivity contribution in [1.82, 2.24) is 10.2 Å². The van der Waals surface area contributed by atoms with Gasteiger partial charge in [-0.15, -0.1) is 0 Å². The van der Waals surface area contributed by atoms with E-state index < -0.39 is 0 Å². The van der Waals surface area contributed by atoms with Crippen LogP contribution >= 0.6 is 0 Å². The first-order chi connectivity index (χ1) is 9.23. The number of fused-ring (bicyclic) bond motifs is 2. The van der Waals surface area contributed by atoms with E-state index in [9.17, 15) is 0 Å². The number of nitrogens with one attached hydrogen (secondary N) is 1. The summed E-state index contributed by atoms with van der Waals surface area (Å²) in [5.74, 6) is 1.81. The Morgan fingerprint density at radius 1 is 1.37 bits per heavy atom. The molecule has 2 nitrogen and oxygen atoms in total. The van der Waals surface area contributed by atoms with Gasteiger partial charge in [-0.3, -0.25) is 0 Å². The predicted molar refractivity (Wildman–Crippen MR) is 79.0 cm³/mol. The molecule has 4 rings (SSSR count). The maximum absolute atomic E-state index is 3.71. The van der Waals surface area contributed by atoms with E-state index in [1.807, 2.05) is 0 Å². The monoisotopic (exact) mass is 258 g/mol. The van der Waals surface area contributed by atoms with Crippen molar-refractivity contribution in [2.75, 3.05) is 26.2 Å². The lowest BCUT2D eigenvalue weighted by molar-refractivity contribution is 0.105. The molecule has 0 spiro atoms. The molecule has 2 heterocycles. The van der Waals surface area contributed by atoms with E-state index in [2.05, 4.69) is 35.4 Å². The van der Waals surface area contributed by atoms with Gasteiger partial charge in [0.05, 0.1) is 0 Å². The molecule has 2 unspecified atom stereocenters. The summed E-state index contributed by atoms with van der Waals surface area (Å²) in [7, 11) is 0. The average molecular weight is 258 g/mol. The Labute approximate surface area is 116 Å². The van der Waals surface area contributed by atoms with Gasteiger partial charge in [0.15, 0.2) is 0 Å². The van der Waals surface area contributed by atoms with Crippen molar-refractivity contribution in [3.63, 3.8) is 0 Å². The first-order valence-corrected chi connectivity index (χ1v) is 8.08. The van der Waals surface area contributed by atoms with E-state index in [0.29, 0.717) is 5.41 Å². The molecule has 0 aromatic heterocycles. The third kappa shape index (κ3) is 2.30. The summed E-state index contributed by atoms with van der Waals surface area (Å²) < 4.78 is 0. The summed E-state index contributed by atoms with van der Waals surface area (Å²) in [6.45, 7) is 7.53. The van der Waals surface area contributed by atoms with Gasteiger partial charge in [-0.1, -0.05) is 30.7 Å². The Balaban J connectivity index is 1.31. The van der Waals surface area contributed by atoms with Gasteiger partial charge < -0.3 is 10.2 Å². The highest BCUT2D eigenvalue weighted by Crippen LogP contribution is 2.44. The number of hydrogen-bond acceptors (Lipinski definition) is 2. The van der Waals surface area contributed by atoms with E-state index in [4.69, 9.17) is 0 Å². The minimum absolute atomic E-state index is 0.585. The molecule has 2 aliphatic carbocycles. The second-order valence-corrected chi connectivity index (χ2v) is 7.38. The second kappa shape index (κ2) is 4.46. The van der Waals surface area contributed by atoms with Crippen molar-refractivity contribution < 1.29 is 0 Å². The summed E-state index contributed by atoms with van der Waals surface area (Å²) in [4.78, 5) is 2.68. The lowest BCUT2D eigenvalue weighted by Gasteiger charge is -2.41. The van der Waals surface area contributed by atoms with Gasteiger partial charge in [-0.25, -0.2) is 0 Å². The molecule has 0 radical (unpaired) electrons. The average Bonchev–Trinajstić information content (AvgIpc) is 3.08. The molecule has 19 heavy (non-hydrogen) atoms. The van der Waals surface area contributed by atoms with E-state index in [0.717, 1.165) is 17.9 Å². The normalized spacial score (nSPS) is 44.7. The molecule has 4 aliphatic rings. The second-order valence-electron chi connectivity index (χ2n) is 7.38. The summed E-state index contributed by atoms with van der Waals surface area (Å²) in [5, 5.41) is 3.71. The van der Waals surface area contributed by atoms with Crippen molar-refractivity contribution in [2.45, 2.75) is 38.6 Å². The zero-order valence-electron chi connectivity index (χ0n) is 12.1. The Kier molecular flexibility index (Phi) is 2.85. The topological polar surface area (TPSA) is 15.3 Å². The molecule has 1 saturated carbocycles. The van der Waals surface area contributed by atoms with Crippen LogP contribution in [-0.2, 0) is 0 Å². The van der Waals surface area contributed by atoms with Crippen LogP contribution in [0.25, 0.3) is 0 Å². The highest BCUT2D eigenvalue weighted by molar-refractivity contribution is 5.30. The fourth-order valence-corrected chi connectivity index (χ4v) is 4.18. The quantitative estimate of drug-likeness (QED) is 0.837. The van der Waals surface area contributed by atoms with E-state index in [1.165, 1.54) is 51.9 Å². The minimum Gasteiger partial charge on any atom is -0.312 e. The van der Waals surface area contributed by atoms with Crippen molar-refractivity contribution in [3.05, 3.63) is 23.8 Å². The van der Waals surface area contributed by atoms with E-state index >= 15 is 0 Å². The lowest BCUT2D eigenvalue weighted by atomic mass is 9.76. The summed E-state index contributed by atoms with van der Waals surface area (Å²) in [5.41, 5.74) is 2.17. The molecule has 2 aliphatic heterocycles. The standard InChI is InChI=1S/C17H26N2/c1-17-5-7-18-16(17)12-19(9-6-17)8-4-13-2-3-14-11-15(14)10-13/h2-3,10,14-16,18H,4-9,11-12H2,1H3/t14?,15?,16-,17+/m1/s1. The maximum atomic E-state index is 3.71. The fourth-order valence-electron chi connectivity index (χ4n) is 4.18. The number of allylic oxidation sites excluding steroid dienone is 3. The Hall–Kier alpha value is -0.600. The Morgan fingerprint density at radius 2 is 2.32 bits per heavy atom. The molecule has 2 saturated heterocycles. The number of rotatable bonds is 3. The minimum atomic E-state index is 0.585. The molecule has 4 atom stereocenters. The molecular weight excluding hydrogens is 232 g/mol. The van der Waals surface area contributed by atoms with Gasteiger partial charge in [0.2, 0.25) is 0 Å². The van der Waals surface area contributed by atoms with Crippen molar-refractivity contribution in [1.29, 1.82) is 0 Å². The third-order valence-electron chi connectivity index (χ3n) is 5.96. The van der Waals surface area contributed by atoms with Crippen LogP contribution in [0.1, 0.15) is 32.6 Å². The van der Waals surface area contributed by atoms with Crippen molar-refractivity contribution >= 4 is 0 Å². The largest absolute Gasteiger partial charge is 0.312 e. The molecule has 104 valence electrons. The van der Waals surface area contributed by atoms with Crippen molar-refractivity contribution in [2.24, 2.45) is 17.3 Å². The first-order valence-electron chi connectivity index (χ1n) is 8.08. The van der Waals surface area contributed by atoms with Crippen molar-refractivity contribution in [3.8, 4) is 0 Å². The van der Waals surface area contributed by atoms with E-state index in [1.54, 1.807) is 5.57 Å². The molecule has 0 aromatic rings. The summed E-state index contributed by atoms with van der Waals surface area (Å²) >= 11 is 0. The van der Waals surface area contributed by atoms with Gasteiger partial charge in [0.25, 0.3) is 0 Å². The maximum Gasteiger partial charge on any atom is 0.0249 e. The number of likely N-dealkylation sites (tertiary alicyclic amines) is 1. The van der Waals surface area contributed by atoms with Crippen LogP contribution in [0.5, 0.6) is 0 Å². The number of piperidine rings is 1. The molecule has 2 heteroatoms. The Bertz CT molecular complexity index is 425. The van der Waals surface area contributed by atoms with Gasteiger partial charge >= 0.3 is 0 Å². The number of nitrogens with zero attached hydrogens (tertiary/aromatic N) is 1. The van der Waals surface area contributed by atoms with Crippen LogP contribution in [0, 0.1) is 17.3 Å². The molecule has 0 bridgehead atoms. The molecule has 0 aromatic carbocycles. The molecule has 3 fully saturated rings. The third-order valence-corrected chi connectivity index (χ3v) is 5.96. The van der Waals surface area contributed by atoms with Crippen LogP contribution in [0.15, 0.2) is 23.8 Å². The lowest BCUT2D eigenvalue weighted by Crippen LogP contribution is -2.51. The Morgan fingerprint density at radius 3 is 3.21 bits per heavy atom. The van der Waals surface area contributed by atoms with Crippen LogP contribution in [0.3, 0.4) is 0 Å². The first kappa shape index (κ1) is 12.2. The van der Waals surface area contributed by atoms with Crippen LogP contribution in [0.4, 0.5) is 0 Å². The van der Waals surface area contributed by atoms with Gasteiger partial charge in [-0.05, 0) is 56.0 Å². The van der Waals surface area contributed by atoms with Gasteiger partial charge in [-0.2, -0.15) is 0 Å². The SMILES string of the molecule is C[C@@]12CCN[C@@H]1CN(CCC1=CC3CC3C=C1)CC2. The highest BCUT2D eigenvalue weighted by Gasteiger charge is 2.42. The zero-order valence-corrected chi connectivity index (χ0v) is 12.1. The highest BCUT2D eigenvalue weighted by atomic mass is 15.2.